The number of hydrogen-bond acceptors (Lipinski definition) is 1. The van der Waals surface area contributed by atoms with Crippen LogP contribution in [0.4, 0.5) is 13.2 Å². The minimum absolute atomic E-state index is 0.208. The van der Waals surface area contributed by atoms with Crippen molar-refractivity contribution in [2.45, 2.75) is 19.0 Å². The summed E-state index contributed by atoms with van der Waals surface area (Å²) in [6, 6.07) is 5.01. The minimum Gasteiger partial charge on any atom is -0.360 e. The van der Waals surface area contributed by atoms with Gasteiger partial charge in [-0.2, -0.15) is 13.2 Å². The van der Waals surface area contributed by atoms with Gasteiger partial charge in [0, 0.05) is 29.1 Å². The number of rotatable bonds is 3. The molecule has 0 saturated carbocycles. The quantitative estimate of drug-likeness (QED) is 0.830. The average Bonchev–Trinajstić information content (AvgIpc) is 2.70. The number of aromatic amines is 1. The van der Waals surface area contributed by atoms with Crippen LogP contribution in [0.1, 0.15) is 23.2 Å². The van der Waals surface area contributed by atoms with Gasteiger partial charge in [-0.15, -0.1) is 0 Å². The summed E-state index contributed by atoms with van der Waals surface area (Å²) in [5.74, 6) is -0.563. The van der Waals surface area contributed by atoms with Gasteiger partial charge in [-0.05, 0) is 12.1 Å². The molecule has 0 radical (unpaired) electrons. The van der Waals surface area contributed by atoms with Crippen LogP contribution in [0, 0.1) is 0 Å². The number of fused-ring (bicyclic) bond motifs is 1. The summed E-state index contributed by atoms with van der Waals surface area (Å²) in [5, 5.41) is 0.829. The molecule has 1 aromatic heterocycles. The number of carbonyl (C=O) groups excluding carboxylic acids is 1. The largest absolute Gasteiger partial charge is 0.389 e. The maximum absolute atomic E-state index is 12.1. The highest BCUT2D eigenvalue weighted by atomic mass is 35.5. The van der Waals surface area contributed by atoms with Crippen LogP contribution >= 0.6 is 11.6 Å². The van der Waals surface area contributed by atoms with Crippen LogP contribution in [-0.4, -0.2) is 16.9 Å². The lowest BCUT2D eigenvalue weighted by molar-refractivity contribution is -0.133. The molecule has 2 rings (SSSR count). The number of nitrogens with one attached hydrogen (secondary N) is 1. The molecular formula is C12H9ClF3NO. The van der Waals surface area contributed by atoms with Gasteiger partial charge in [0.25, 0.3) is 0 Å². The molecule has 0 fully saturated rings. The van der Waals surface area contributed by atoms with Gasteiger partial charge >= 0.3 is 6.18 Å². The van der Waals surface area contributed by atoms with Gasteiger partial charge in [-0.3, -0.25) is 4.79 Å². The molecule has 0 aliphatic carbocycles. The zero-order chi connectivity index (χ0) is 13.3. The fourth-order valence-corrected chi connectivity index (χ4v) is 2.03. The van der Waals surface area contributed by atoms with E-state index in [2.05, 4.69) is 4.98 Å². The Balaban J connectivity index is 2.29. The van der Waals surface area contributed by atoms with Gasteiger partial charge < -0.3 is 4.98 Å². The van der Waals surface area contributed by atoms with Crippen LogP contribution in [-0.2, 0) is 0 Å². The predicted octanol–water partition coefficient (Wildman–Crippen LogP) is 4.35. The molecular weight excluding hydrogens is 267 g/mol. The molecule has 0 saturated heterocycles. The maximum Gasteiger partial charge on any atom is 0.389 e. The number of Topliss-reactive ketones (excluding diaryl/α,β-unsaturated/α-hetero) is 1. The molecule has 1 heterocycles. The number of alkyl halides is 3. The van der Waals surface area contributed by atoms with Crippen molar-refractivity contribution < 1.29 is 18.0 Å². The van der Waals surface area contributed by atoms with E-state index in [1.54, 1.807) is 18.2 Å². The van der Waals surface area contributed by atoms with E-state index < -0.39 is 24.8 Å². The van der Waals surface area contributed by atoms with Crippen molar-refractivity contribution in [3.8, 4) is 0 Å². The lowest BCUT2D eigenvalue weighted by Gasteiger charge is -2.05. The topological polar surface area (TPSA) is 32.9 Å². The predicted molar refractivity (Wildman–Crippen MR) is 62.9 cm³/mol. The molecule has 2 nitrogen and oxygen atoms in total. The maximum atomic E-state index is 12.1. The Morgan fingerprint density at radius 3 is 2.72 bits per heavy atom. The van der Waals surface area contributed by atoms with E-state index in [1.165, 1.54) is 6.20 Å². The zero-order valence-electron chi connectivity index (χ0n) is 9.14. The Labute approximate surface area is 106 Å². The number of aromatic nitrogens is 1. The first-order valence-corrected chi connectivity index (χ1v) is 5.62. The number of ketones is 1. The summed E-state index contributed by atoms with van der Waals surface area (Å²) >= 11 is 5.94. The Bertz CT molecular complexity index is 589. The molecule has 6 heteroatoms. The second kappa shape index (κ2) is 4.65. The normalized spacial score (nSPS) is 12.0. The van der Waals surface area contributed by atoms with E-state index in [4.69, 9.17) is 11.6 Å². The van der Waals surface area contributed by atoms with E-state index in [0.717, 1.165) is 0 Å². The number of benzene rings is 1. The van der Waals surface area contributed by atoms with Crippen LogP contribution in [0.15, 0.2) is 24.4 Å². The molecule has 0 spiro atoms. The molecule has 0 unspecified atom stereocenters. The van der Waals surface area contributed by atoms with E-state index in [9.17, 15) is 18.0 Å². The third kappa shape index (κ3) is 2.67. The van der Waals surface area contributed by atoms with E-state index in [1.807, 2.05) is 0 Å². The third-order valence-corrected chi connectivity index (χ3v) is 2.91. The van der Waals surface area contributed by atoms with E-state index in [0.29, 0.717) is 15.9 Å². The Kier molecular flexibility index (Phi) is 3.34. The summed E-state index contributed by atoms with van der Waals surface area (Å²) in [4.78, 5) is 14.6. The number of H-pyrrole nitrogens is 1. The van der Waals surface area contributed by atoms with Crippen molar-refractivity contribution in [1.29, 1.82) is 0 Å². The number of hydrogen-bond donors (Lipinski definition) is 1. The van der Waals surface area contributed by atoms with E-state index in [-0.39, 0.29) is 5.56 Å². The Hall–Kier alpha value is -1.49. The summed E-state index contributed by atoms with van der Waals surface area (Å²) < 4.78 is 36.2. The molecule has 96 valence electrons. The molecule has 1 N–H and O–H groups in total. The second-order valence-corrected chi connectivity index (χ2v) is 4.31. The molecule has 0 amide bonds. The van der Waals surface area contributed by atoms with Gasteiger partial charge in [-0.1, -0.05) is 17.7 Å². The highest BCUT2D eigenvalue weighted by molar-refractivity contribution is 6.36. The summed E-state index contributed by atoms with van der Waals surface area (Å²) in [5.41, 5.74) is 0.845. The smallest absolute Gasteiger partial charge is 0.360 e. The van der Waals surface area contributed by atoms with Crippen LogP contribution in [0.3, 0.4) is 0 Å². The van der Waals surface area contributed by atoms with Crippen LogP contribution < -0.4 is 0 Å². The van der Waals surface area contributed by atoms with Gasteiger partial charge in [-0.25, -0.2) is 0 Å². The molecule has 1 aromatic carbocycles. The van der Waals surface area contributed by atoms with Gasteiger partial charge in [0.05, 0.1) is 11.4 Å². The third-order valence-electron chi connectivity index (χ3n) is 2.59. The monoisotopic (exact) mass is 275 g/mol. The van der Waals surface area contributed by atoms with Crippen molar-refractivity contribution in [3.05, 3.63) is 35.0 Å². The first kappa shape index (κ1) is 13.0. The number of halogens is 4. The first-order valence-electron chi connectivity index (χ1n) is 5.24. The second-order valence-electron chi connectivity index (χ2n) is 3.90. The molecule has 18 heavy (non-hydrogen) atoms. The van der Waals surface area contributed by atoms with Crippen LogP contribution in [0.25, 0.3) is 10.9 Å². The standard InChI is InChI=1S/C12H9ClF3NO/c13-8-2-1-3-9-11(8)7(6-17-9)10(18)4-5-12(14,15)16/h1-3,6,17H,4-5H2. The van der Waals surface area contributed by atoms with Gasteiger partial charge in [0.1, 0.15) is 0 Å². The van der Waals surface area contributed by atoms with Crippen molar-refractivity contribution in [2.24, 2.45) is 0 Å². The highest BCUT2D eigenvalue weighted by Crippen LogP contribution is 2.29. The lowest BCUT2D eigenvalue weighted by Crippen LogP contribution is -2.10. The summed E-state index contributed by atoms with van der Waals surface area (Å²) in [6.07, 6.45) is -4.62. The minimum atomic E-state index is -4.33. The molecule has 0 aliphatic rings. The SMILES string of the molecule is O=C(CCC(F)(F)F)c1c[nH]c2cccc(Cl)c12. The van der Waals surface area contributed by atoms with Crippen molar-refractivity contribution in [2.75, 3.05) is 0 Å². The summed E-state index contributed by atoms with van der Waals surface area (Å²) in [6.45, 7) is 0. The van der Waals surface area contributed by atoms with Crippen molar-refractivity contribution in [1.82, 2.24) is 4.98 Å². The highest BCUT2D eigenvalue weighted by Gasteiger charge is 2.28. The van der Waals surface area contributed by atoms with Crippen molar-refractivity contribution >= 4 is 28.3 Å². The van der Waals surface area contributed by atoms with Crippen molar-refractivity contribution in [3.63, 3.8) is 0 Å². The fraction of sp³-hybridized carbons (Fsp3) is 0.250. The van der Waals surface area contributed by atoms with Crippen LogP contribution in [0.5, 0.6) is 0 Å². The lowest BCUT2D eigenvalue weighted by atomic mass is 10.1. The fourth-order valence-electron chi connectivity index (χ4n) is 1.75. The first-order chi connectivity index (χ1) is 8.38. The zero-order valence-corrected chi connectivity index (χ0v) is 9.90. The van der Waals surface area contributed by atoms with Gasteiger partial charge in [0.2, 0.25) is 0 Å². The molecule has 2 aromatic rings. The number of carbonyl (C=O) groups is 1. The molecule has 0 aliphatic heterocycles. The van der Waals surface area contributed by atoms with E-state index >= 15 is 0 Å². The van der Waals surface area contributed by atoms with Crippen LogP contribution in [0.2, 0.25) is 5.02 Å². The Morgan fingerprint density at radius 2 is 2.06 bits per heavy atom. The van der Waals surface area contributed by atoms with Gasteiger partial charge in [0.15, 0.2) is 5.78 Å². The molecule has 0 atom stereocenters. The molecule has 0 bridgehead atoms. The summed E-state index contributed by atoms with van der Waals surface area (Å²) in [7, 11) is 0. The average molecular weight is 276 g/mol. The Morgan fingerprint density at radius 1 is 1.33 bits per heavy atom.